The largest absolute Gasteiger partial charge is 0.483 e. The Morgan fingerprint density at radius 3 is 2.32 bits per heavy atom. The summed E-state index contributed by atoms with van der Waals surface area (Å²) in [4.78, 5) is 14.8. The molecule has 1 aromatic carbocycles. The number of aryl methyl sites for hydroxylation is 1. The highest BCUT2D eigenvalue weighted by atomic mass is 32.1. The summed E-state index contributed by atoms with van der Waals surface area (Å²) in [5, 5.41) is 0. The summed E-state index contributed by atoms with van der Waals surface area (Å²) in [6, 6.07) is 8.27. The minimum atomic E-state index is -4.14. The quantitative estimate of drug-likeness (QED) is 0.291. The fourth-order valence-corrected chi connectivity index (χ4v) is 2.75. The molecule has 0 spiro atoms. The van der Waals surface area contributed by atoms with E-state index in [1.807, 2.05) is 6.92 Å². The standard InChI is InChI=1S/C15H18F2O4S/c1-10-2-4-11(5-3-10)12-6-8-13(9-7-12)19-14(18)15(16,17)20-21-22/h2-5,12-13,22H,6-9H2,1H3. The van der Waals surface area contributed by atoms with Gasteiger partial charge in [0, 0.05) is 12.9 Å². The Balaban J connectivity index is 1.84. The number of esters is 1. The Labute approximate surface area is 133 Å². The number of rotatable bonds is 5. The third-order valence-electron chi connectivity index (χ3n) is 3.88. The Bertz CT molecular complexity index is 499. The number of halogens is 2. The highest BCUT2D eigenvalue weighted by Gasteiger charge is 2.45. The van der Waals surface area contributed by atoms with E-state index in [0.717, 1.165) is 12.8 Å². The van der Waals surface area contributed by atoms with Crippen LogP contribution in [0.15, 0.2) is 24.3 Å². The summed E-state index contributed by atoms with van der Waals surface area (Å²) in [7, 11) is 0. The second-order valence-electron chi connectivity index (χ2n) is 5.46. The first-order valence-corrected chi connectivity index (χ1v) is 7.43. The molecule has 1 aromatic rings. The molecule has 122 valence electrons. The number of hydrogen-bond donors (Lipinski definition) is 1. The molecule has 1 aliphatic carbocycles. The molecular weight excluding hydrogens is 314 g/mol. The van der Waals surface area contributed by atoms with Crippen LogP contribution in [0.5, 0.6) is 0 Å². The smallest absolute Gasteiger partial charge is 0.456 e. The zero-order valence-electron chi connectivity index (χ0n) is 12.1. The van der Waals surface area contributed by atoms with Crippen LogP contribution < -0.4 is 0 Å². The molecule has 1 aliphatic rings. The molecule has 0 N–H and O–H groups in total. The molecule has 0 bridgehead atoms. The summed E-state index contributed by atoms with van der Waals surface area (Å²) in [6.45, 7) is 2.02. The number of thiol groups is 1. The predicted octanol–water partition coefficient (Wildman–Crippen LogP) is 3.95. The molecule has 0 aromatic heterocycles. The van der Waals surface area contributed by atoms with E-state index in [-0.39, 0.29) is 0 Å². The summed E-state index contributed by atoms with van der Waals surface area (Å²) in [5.74, 6) is -1.38. The Kier molecular flexibility index (Phi) is 5.77. The highest BCUT2D eigenvalue weighted by molar-refractivity contribution is 7.74. The van der Waals surface area contributed by atoms with Crippen molar-refractivity contribution >= 4 is 18.9 Å². The molecule has 0 unspecified atom stereocenters. The second-order valence-corrected chi connectivity index (χ2v) is 5.61. The van der Waals surface area contributed by atoms with Gasteiger partial charge in [0.2, 0.25) is 0 Å². The first kappa shape index (κ1) is 17.2. The topological polar surface area (TPSA) is 44.8 Å². The molecule has 22 heavy (non-hydrogen) atoms. The van der Waals surface area contributed by atoms with Gasteiger partial charge in [0.05, 0.1) is 0 Å². The average molecular weight is 332 g/mol. The number of benzene rings is 1. The van der Waals surface area contributed by atoms with E-state index in [4.69, 9.17) is 4.74 Å². The normalized spacial score (nSPS) is 22.4. The Hall–Kier alpha value is -1.18. The number of carbonyl (C=O) groups excluding carboxylic acids is 1. The molecule has 0 amide bonds. The van der Waals surface area contributed by atoms with Crippen molar-refractivity contribution in [3.05, 3.63) is 35.4 Å². The van der Waals surface area contributed by atoms with Crippen molar-refractivity contribution in [1.29, 1.82) is 0 Å². The van der Waals surface area contributed by atoms with Gasteiger partial charge in [-0.1, -0.05) is 29.8 Å². The van der Waals surface area contributed by atoms with Crippen molar-refractivity contribution in [2.75, 3.05) is 0 Å². The third kappa shape index (κ3) is 4.41. The van der Waals surface area contributed by atoms with Crippen LogP contribution in [0.1, 0.15) is 42.7 Å². The molecule has 4 nitrogen and oxygen atoms in total. The van der Waals surface area contributed by atoms with E-state index < -0.39 is 18.2 Å². The monoisotopic (exact) mass is 332 g/mol. The van der Waals surface area contributed by atoms with Crippen LogP contribution >= 0.6 is 12.9 Å². The first-order chi connectivity index (χ1) is 10.4. The lowest BCUT2D eigenvalue weighted by molar-refractivity contribution is -0.370. The fraction of sp³-hybridized carbons (Fsp3) is 0.533. The molecular formula is C15H18F2O4S. The Morgan fingerprint density at radius 1 is 1.18 bits per heavy atom. The van der Waals surface area contributed by atoms with Crippen LogP contribution in [0.3, 0.4) is 0 Å². The SMILES string of the molecule is Cc1ccc(C2CCC(OC(=O)C(F)(F)OOS)CC2)cc1. The number of carbonyl (C=O) groups is 1. The van der Waals surface area contributed by atoms with E-state index >= 15 is 0 Å². The average Bonchev–Trinajstić information content (AvgIpc) is 2.49. The molecule has 0 heterocycles. The number of hydrogen-bond acceptors (Lipinski definition) is 5. The molecule has 0 atom stereocenters. The zero-order valence-corrected chi connectivity index (χ0v) is 13.0. The van der Waals surface area contributed by atoms with E-state index in [1.54, 1.807) is 0 Å². The van der Waals surface area contributed by atoms with Gasteiger partial charge in [-0.2, -0.15) is 13.1 Å². The van der Waals surface area contributed by atoms with Crippen molar-refractivity contribution in [2.24, 2.45) is 0 Å². The maximum atomic E-state index is 13.1. The van der Waals surface area contributed by atoms with Gasteiger partial charge in [-0.15, -0.1) is 4.89 Å². The fourth-order valence-electron chi connectivity index (χ4n) is 2.65. The summed E-state index contributed by atoms with van der Waals surface area (Å²) >= 11 is 3.02. The maximum Gasteiger partial charge on any atom is 0.483 e. The van der Waals surface area contributed by atoms with Gasteiger partial charge < -0.3 is 4.74 Å². The number of alkyl halides is 2. The van der Waals surface area contributed by atoms with Gasteiger partial charge in [0.1, 0.15) is 6.10 Å². The van der Waals surface area contributed by atoms with E-state index in [9.17, 15) is 13.6 Å². The van der Waals surface area contributed by atoms with E-state index in [0.29, 0.717) is 18.8 Å². The maximum absolute atomic E-state index is 13.1. The van der Waals surface area contributed by atoms with E-state index in [1.165, 1.54) is 11.1 Å². The minimum absolute atomic E-state index is 0.369. The lowest BCUT2D eigenvalue weighted by Crippen LogP contribution is -2.37. The molecule has 7 heteroatoms. The molecule has 2 rings (SSSR count). The van der Waals surface area contributed by atoms with Crippen LogP contribution in [0.25, 0.3) is 0 Å². The van der Waals surface area contributed by atoms with Crippen molar-refractivity contribution in [3.8, 4) is 0 Å². The first-order valence-electron chi connectivity index (χ1n) is 7.07. The summed E-state index contributed by atoms with van der Waals surface area (Å²) < 4.78 is 34.5. The van der Waals surface area contributed by atoms with Gasteiger partial charge >= 0.3 is 12.1 Å². The van der Waals surface area contributed by atoms with Crippen molar-refractivity contribution in [3.63, 3.8) is 0 Å². The van der Waals surface area contributed by atoms with Gasteiger partial charge in [0.25, 0.3) is 0 Å². The van der Waals surface area contributed by atoms with E-state index in [2.05, 4.69) is 46.4 Å². The van der Waals surface area contributed by atoms with Crippen LogP contribution in [0, 0.1) is 6.92 Å². The zero-order chi connectivity index (χ0) is 16.2. The van der Waals surface area contributed by atoms with Crippen LogP contribution in [0.4, 0.5) is 8.78 Å². The van der Waals surface area contributed by atoms with Crippen molar-refractivity contribution < 1.29 is 27.5 Å². The van der Waals surface area contributed by atoms with Crippen LogP contribution in [0.2, 0.25) is 0 Å². The summed E-state index contributed by atoms with van der Waals surface area (Å²) in [5.41, 5.74) is 2.42. The minimum Gasteiger partial charge on any atom is -0.456 e. The Morgan fingerprint density at radius 2 is 1.77 bits per heavy atom. The van der Waals surface area contributed by atoms with Gasteiger partial charge in [0.15, 0.2) is 0 Å². The molecule has 0 radical (unpaired) electrons. The predicted molar refractivity (Wildman–Crippen MR) is 78.4 cm³/mol. The lowest BCUT2D eigenvalue weighted by atomic mass is 9.82. The van der Waals surface area contributed by atoms with Gasteiger partial charge in [-0.3, -0.25) is 0 Å². The third-order valence-corrected chi connectivity index (χ3v) is 3.95. The summed E-state index contributed by atoms with van der Waals surface area (Å²) in [6.07, 6.45) is -2.00. The lowest BCUT2D eigenvalue weighted by Gasteiger charge is -2.29. The molecule has 0 aliphatic heterocycles. The highest BCUT2D eigenvalue weighted by Crippen LogP contribution is 2.35. The molecule has 1 fully saturated rings. The van der Waals surface area contributed by atoms with Crippen molar-refractivity contribution in [2.45, 2.75) is 50.7 Å². The van der Waals surface area contributed by atoms with Crippen molar-refractivity contribution in [1.82, 2.24) is 0 Å². The molecule has 1 saturated carbocycles. The van der Waals surface area contributed by atoms with Gasteiger partial charge in [-0.05, 0) is 44.1 Å². The van der Waals surface area contributed by atoms with Crippen LogP contribution in [-0.2, 0) is 18.8 Å². The second kappa shape index (κ2) is 7.39. The van der Waals surface area contributed by atoms with Crippen LogP contribution in [-0.4, -0.2) is 18.2 Å². The van der Waals surface area contributed by atoms with Gasteiger partial charge in [-0.25, -0.2) is 4.79 Å². The number of ether oxygens (including phenoxy) is 1. The molecule has 0 saturated heterocycles.